The summed E-state index contributed by atoms with van der Waals surface area (Å²) in [4.78, 5) is 35.8. The average molecular weight is 385 g/mol. The van der Waals surface area contributed by atoms with E-state index in [-0.39, 0.29) is 16.8 Å². The highest BCUT2D eigenvalue weighted by Crippen LogP contribution is 2.40. The van der Waals surface area contributed by atoms with E-state index < -0.39 is 28.9 Å². The zero-order chi connectivity index (χ0) is 21.0. The Morgan fingerprint density at radius 3 is 2.39 bits per heavy atom. The van der Waals surface area contributed by atoms with E-state index >= 15 is 0 Å². The van der Waals surface area contributed by atoms with Crippen LogP contribution in [0.25, 0.3) is 0 Å². The maximum Gasteiger partial charge on any atom is 0.338 e. The van der Waals surface area contributed by atoms with Crippen LogP contribution in [0.15, 0.2) is 46.8 Å². The highest BCUT2D eigenvalue weighted by molar-refractivity contribution is 6.00. The number of nitrogens with one attached hydrogen (secondary N) is 1. The molecule has 0 aromatic heterocycles. The molecule has 0 spiro atoms. The van der Waals surface area contributed by atoms with E-state index in [0.717, 1.165) is 0 Å². The van der Waals surface area contributed by atoms with Crippen LogP contribution >= 0.6 is 0 Å². The van der Waals surface area contributed by atoms with Crippen LogP contribution in [0.3, 0.4) is 0 Å². The number of carbonyl (C=O) groups is 2. The van der Waals surface area contributed by atoms with Crippen molar-refractivity contribution in [2.75, 3.05) is 7.11 Å². The molecule has 2 unspecified atom stereocenters. The largest absolute Gasteiger partial charge is 0.466 e. The number of nitro benzene ring substituents is 1. The number of methoxy groups -OCH3 is 1. The third-order valence-corrected chi connectivity index (χ3v) is 4.27. The molecule has 1 heterocycles. The second-order valence-electron chi connectivity index (χ2n) is 6.16. The minimum Gasteiger partial charge on any atom is -0.466 e. The van der Waals surface area contributed by atoms with Crippen molar-refractivity contribution in [3.05, 3.63) is 62.5 Å². The summed E-state index contributed by atoms with van der Waals surface area (Å²) in [5.74, 6) is -2.44. The van der Waals surface area contributed by atoms with E-state index in [1.807, 2.05) is 0 Å². The standard InChI is InChI=1S/C19H19N3O6/c1-10(9-20)28-19(24)16-12(3)21-11(2)15(18(23)27-4)17(16)13-6-5-7-14(8-13)22(25)26/h5-8,10,17,21H,1-4H3. The number of nitriles is 1. The molecule has 0 bridgehead atoms. The van der Waals surface area contributed by atoms with Gasteiger partial charge in [-0.2, -0.15) is 5.26 Å². The van der Waals surface area contributed by atoms with E-state index in [1.165, 1.54) is 32.2 Å². The van der Waals surface area contributed by atoms with Crippen LogP contribution in [0, 0.1) is 21.4 Å². The molecular formula is C19H19N3O6. The van der Waals surface area contributed by atoms with Crippen molar-refractivity contribution in [3.63, 3.8) is 0 Å². The Morgan fingerprint density at radius 2 is 1.86 bits per heavy atom. The van der Waals surface area contributed by atoms with Crippen molar-refractivity contribution < 1.29 is 24.0 Å². The summed E-state index contributed by atoms with van der Waals surface area (Å²) in [6.07, 6.45) is -1.01. The first-order valence-corrected chi connectivity index (χ1v) is 8.33. The van der Waals surface area contributed by atoms with Gasteiger partial charge < -0.3 is 14.8 Å². The van der Waals surface area contributed by atoms with E-state index in [0.29, 0.717) is 17.0 Å². The molecule has 2 rings (SSSR count). The minimum absolute atomic E-state index is 0.0774. The lowest BCUT2D eigenvalue weighted by molar-refractivity contribution is -0.384. The van der Waals surface area contributed by atoms with Gasteiger partial charge in [0.05, 0.1) is 29.1 Å². The Morgan fingerprint density at radius 1 is 1.25 bits per heavy atom. The lowest BCUT2D eigenvalue weighted by Gasteiger charge is -2.30. The van der Waals surface area contributed by atoms with Crippen LogP contribution < -0.4 is 5.32 Å². The molecular weight excluding hydrogens is 366 g/mol. The lowest BCUT2D eigenvalue weighted by Crippen LogP contribution is -2.33. The highest BCUT2D eigenvalue weighted by Gasteiger charge is 2.38. The number of hydrogen-bond donors (Lipinski definition) is 1. The summed E-state index contributed by atoms with van der Waals surface area (Å²) in [6, 6.07) is 7.45. The quantitative estimate of drug-likeness (QED) is 0.464. The molecule has 1 aliphatic heterocycles. The Balaban J connectivity index is 2.68. The zero-order valence-corrected chi connectivity index (χ0v) is 15.8. The highest BCUT2D eigenvalue weighted by atomic mass is 16.6. The summed E-state index contributed by atoms with van der Waals surface area (Å²) in [5.41, 5.74) is 1.24. The van der Waals surface area contributed by atoms with Crippen molar-refractivity contribution in [1.29, 1.82) is 5.26 Å². The topological polar surface area (TPSA) is 132 Å². The Labute approximate surface area is 161 Å². The Kier molecular flexibility index (Phi) is 6.15. The molecule has 1 N–H and O–H groups in total. The SMILES string of the molecule is COC(=O)C1=C(C)NC(C)=C(C(=O)OC(C)C#N)C1c1cccc([N+](=O)[O-])c1. The number of dihydropyridines is 1. The molecule has 9 nitrogen and oxygen atoms in total. The number of allylic oxidation sites excluding steroid dienone is 2. The second kappa shape index (κ2) is 8.35. The van der Waals surface area contributed by atoms with Crippen LogP contribution in [0.2, 0.25) is 0 Å². The Bertz CT molecular complexity index is 941. The van der Waals surface area contributed by atoms with Crippen LogP contribution in [-0.2, 0) is 19.1 Å². The number of esters is 2. The predicted molar refractivity (Wildman–Crippen MR) is 97.6 cm³/mol. The number of rotatable bonds is 5. The lowest BCUT2D eigenvalue weighted by atomic mass is 9.80. The molecule has 9 heteroatoms. The maximum atomic E-state index is 12.8. The zero-order valence-electron chi connectivity index (χ0n) is 15.8. The van der Waals surface area contributed by atoms with Gasteiger partial charge in [0, 0.05) is 23.5 Å². The first kappa shape index (κ1) is 20.6. The molecule has 0 aliphatic carbocycles. The van der Waals surface area contributed by atoms with Crippen molar-refractivity contribution in [1.82, 2.24) is 5.32 Å². The maximum absolute atomic E-state index is 12.8. The number of carbonyl (C=O) groups excluding carboxylic acids is 2. The summed E-state index contributed by atoms with van der Waals surface area (Å²) < 4.78 is 9.99. The first-order chi connectivity index (χ1) is 13.2. The van der Waals surface area contributed by atoms with Crippen LogP contribution in [0.1, 0.15) is 32.3 Å². The number of nitrogens with zero attached hydrogens (tertiary/aromatic N) is 2. The van der Waals surface area contributed by atoms with Crippen LogP contribution in [0.5, 0.6) is 0 Å². The van der Waals surface area contributed by atoms with Crippen molar-refractivity contribution >= 4 is 17.6 Å². The molecule has 146 valence electrons. The molecule has 1 aromatic carbocycles. The van der Waals surface area contributed by atoms with Gasteiger partial charge in [0.15, 0.2) is 6.10 Å². The van der Waals surface area contributed by atoms with Crippen molar-refractivity contribution in [2.45, 2.75) is 32.8 Å². The first-order valence-electron chi connectivity index (χ1n) is 8.33. The molecule has 0 fully saturated rings. The van der Waals surface area contributed by atoms with Gasteiger partial charge in [0.2, 0.25) is 0 Å². The van der Waals surface area contributed by atoms with Crippen LogP contribution in [0.4, 0.5) is 5.69 Å². The van der Waals surface area contributed by atoms with Gasteiger partial charge in [0.1, 0.15) is 6.07 Å². The molecule has 1 aliphatic rings. The normalized spacial score (nSPS) is 17.3. The molecule has 0 radical (unpaired) electrons. The van der Waals surface area contributed by atoms with Crippen molar-refractivity contribution in [3.8, 4) is 6.07 Å². The smallest absolute Gasteiger partial charge is 0.338 e. The fraction of sp³-hybridized carbons (Fsp3) is 0.316. The predicted octanol–water partition coefficient (Wildman–Crippen LogP) is 2.46. The number of non-ortho nitro benzene ring substituents is 1. The Hall–Kier alpha value is -3.67. The summed E-state index contributed by atoms with van der Waals surface area (Å²) >= 11 is 0. The third-order valence-electron chi connectivity index (χ3n) is 4.27. The van der Waals surface area contributed by atoms with Gasteiger partial charge in [-0.3, -0.25) is 10.1 Å². The van der Waals surface area contributed by atoms with Crippen LogP contribution in [-0.4, -0.2) is 30.1 Å². The van der Waals surface area contributed by atoms with Gasteiger partial charge in [-0.25, -0.2) is 9.59 Å². The summed E-state index contributed by atoms with van der Waals surface area (Å²) in [7, 11) is 1.20. The van der Waals surface area contributed by atoms with Crippen molar-refractivity contribution in [2.24, 2.45) is 0 Å². The van der Waals surface area contributed by atoms with E-state index in [1.54, 1.807) is 26.0 Å². The minimum atomic E-state index is -1.01. The fourth-order valence-electron chi connectivity index (χ4n) is 3.05. The molecule has 0 saturated carbocycles. The molecule has 2 atom stereocenters. The summed E-state index contributed by atoms with van der Waals surface area (Å²) in [6.45, 7) is 4.67. The number of benzene rings is 1. The molecule has 0 saturated heterocycles. The van der Waals surface area contributed by atoms with Gasteiger partial charge in [-0.15, -0.1) is 0 Å². The van der Waals surface area contributed by atoms with E-state index in [2.05, 4.69) is 5.32 Å². The second-order valence-corrected chi connectivity index (χ2v) is 6.16. The number of ether oxygens (including phenoxy) is 2. The van der Waals surface area contributed by atoms with Gasteiger partial charge >= 0.3 is 11.9 Å². The van der Waals surface area contributed by atoms with E-state index in [9.17, 15) is 19.7 Å². The van der Waals surface area contributed by atoms with Gasteiger partial charge in [-0.05, 0) is 26.3 Å². The number of nitro groups is 1. The fourth-order valence-corrected chi connectivity index (χ4v) is 3.05. The molecule has 1 aromatic rings. The van der Waals surface area contributed by atoms with Gasteiger partial charge in [-0.1, -0.05) is 12.1 Å². The van der Waals surface area contributed by atoms with E-state index in [4.69, 9.17) is 14.7 Å². The number of hydrogen-bond acceptors (Lipinski definition) is 8. The molecule has 28 heavy (non-hydrogen) atoms. The monoisotopic (exact) mass is 385 g/mol. The average Bonchev–Trinajstić information content (AvgIpc) is 2.66. The van der Waals surface area contributed by atoms with Gasteiger partial charge in [0.25, 0.3) is 5.69 Å². The molecule has 0 amide bonds. The summed E-state index contributed by atoms with van der Waals surface area (Å²) in [5, 5.41) is 23.1. The third kappa shape index (κ3) is 4.01.